The molecule has 17 heavy (non-hydrogen) atoms. The Balaban J connectivity index is 2.11. The predicted molar refractivity (Wildman–Crippen MR) is 73.6 cm³/mol. The Morgan fingerprint density at radius 3 is 2.65 bits per heavy atom. The third-order valence-electron chi connectivity index (χ3n) is 2.66. The average Bonchev–Trinajstić information content (AvgIpc) is 2.42. The number of nitrogens with zero attached hydrogens (tertiary/aromatic N) is 2. The van der Waals surface area contributed by atoms with Gasteiger partial charge < -0.3 is 0 Å². The van der Waals surface area contributed by atoms with Crippen LogP contribution in [0.25, 0.3) is 0 Å². The Bertz CT molecular complexity index is 467. The second-order valence-corrected chi connectivity index (χ2v) is 3.92. The molecular weight excluding hydrogens is 208 g/mol. The van der Waals surface area contributed by atoms with E-state index in [4.69, 9.17) is 0 Å². The molecule has 0 spiro atoms. The zero-order chi connectivity index (χ0) is 11.9. The Morgan fingerprint density at radius 2 is 2.00 bits per heavy atom. The highest BCUT2D eigenvalue weighted by molar-refractivity contribution is 6.03. The normalized spacial score (nSPS) is 15.5. The third kappa shape index (κ3) is 3.25. The van der Waals surface area contributed by atoms with Gasteiger partial charge in [0.25, 0.3) is 0 Å². The molecule has 0 bridgehead atoms. The van der Waals surface area contributed by atoms with Crippen LogP contribution in [0, 0.1) is 0 Å². The monoisotopic (exact) mass is 224 g/mol. The molecule has 1 aromatic rings. The minimum Gasteiger partial charge on any atom is -0.261 e. The predicted octanol–water partition coefficient (Wildman–Crippen LogP) is 3.56. The van der Waals surface area contributed by atoms with Gasteiger partial charge in [0, 0.05) is 5.57 Å². The molecule has 2 heteroatoms. The molecule has 0 radical (unpaired) electrons. The topological polar surface area (TPSA) is 24.7 Å². The van der Waals surface area contributed by atoms with Crippen LogP contribution in [0.3, 0.4) is 0 Å². The Kier molecular flexibility index (Phi) is 4.03. The van der Waals surface area contributed by atoms with Gasteiger partial charge in [-0.2, -0.15) is 0 Å². The first-order valence-electron chi connectivity index (χ1n) is 5.82. The smallest absolute Gasteiger partial charge is 0.153 e. The lowest BCUT2D eigenvalue weighted by atomic mass is 10.1. The van der Waals surface area contributed by atoms with Crippen LogP contribution in [-0.2, 0) is 6.54 Å². The van der Waals surface area contributed by atoms with Gasteiger partial charge in [-0.15, -0.1) is 0 Å². The molecule has 0 fully saturated rings. The Hall–Kier alpha value is -1.96. The van der Waals surface area contributed by atoms with Crippen molar-refractivity contribution >= 4 is 12.6 Å². The molecule has 0 aliphatic heterocycles. The van der Waals surface area contributed by atoms with Crippen molar-refractivity contribution < 1.29 is 0 Å². The van der Waals surface area contributed by atoms with Gasteiger partial charge in [-0.25, -0.2) is 4.99 Å². The molecule has 2 rings (SSSR count). The van der Waals surface area contributed by atoms with E-state index in [0.29, 0.717) is 6.54 Å². The van der Waals surface area contributed by atoms with Gasteiger partial charge in [0.15, 0.2) is 5.84 Å². The van der Waals surface area contributed by atoms with Gasteiger partial charge in [0.1, 0.15) is 0 Å². The summed E-state index contributed by atoms with van der Waals surface area (Å²) in [5, 5.41) is 0. The van der Waals surface area contributed by atoms with Crippen LogP contribution in [0.4, 0.5) is 0 Å². The average molecular weight is 224 g/mol. The van der Waals surface area contributed by atoms with E-state index in [0.717, 1.165) is 24.3 Å². The lowest BCUT2D eigenvalue weighted by molar-refractivity contribution is 1.02. The number of benzene rings is 1. The van der Waals surface area contributed by atoms with Crippen LogP contribution >= 0.6 is 0 Å². The summed E-state index contributed by atoms with van der Waals surface area (Å²) < 4.78 is 0. The van der Waals surface area contributed by atoms with E-state index in [9.17, 15) is 0 Å². The number of hydrogen-bond donors (Lipinski definition) is 0. The molecule has 86 valence electrons. The zero-order valence-corrected chi connectivity index (χ0v) is 9.84. The fourth-order valence-electron chi connectivity index (χ4n) is 1.76. The first kappa shape index (κ1) is 11.5. The van der Waals surface area contributed by atoms with Crippen molar-refractivity contribution in [2.45, 2.75) is 19.4 Å². The van der Waals surface area contributed by atoms with Crippen LogP contribution in [-0.4, -0.2) is 12.6 Å². The Labute approximate surface area is 102 Å². The molecule has 0 saturated heterocycles. The summed E-state index contributed by atoms with van der Waals surface area (Å²) in [4.78, 5) is 8.51. The largest absolute Gasteiger partial charge is 0.261 e. The molecule has 1 aliphatic carbocycles. The van der Waals surface area contributed by atoms with E-state index in [-0.39, 0.29) is 0 Å². The summed E-state index contributed by atoms with van der Waals surface area (Å²) in [6.45, 7) is 4.25. The summed E-state index contributed by atoms with van der Waals surface area (Å²) in [6.07, 6.45) is 8.55. The van der Waals surface area contributed by atoms with E-state index in [1.807, 2.05) is 18.2 Å². The first-order valence-corrected chi connectivity index (χ1v) is 5.82. The molecule has 1 aliphatic rings. The number of aliphatic imine (C=N–C) groups is 2. The number of hydrogen-bond acceptors (Lipinski definition) is 1. The number of allylic oxidation sites excluding steroid dienone is 2. The molecule has 0 saturated carbocycles. The molecule has 0 aromatic heterocycles. The minimum absolute atomic E-state index is 0.653. The summed E-state index contributed by atoms with van der Waals surface area (Å²) in [5.74, 6) is 0.741. The van der Waals surface area contributed by atoms with Crippen molar-refractivity contribution in [1.82, 2.24) is 0 Å². The van der Waals surface area contributed by atoms with Gasteiger partial charge in [-0.1, -0.05) is 48.6 Å². The van der Waals surface area contributed by atoms with Crippen molar-refractivity contribution in [2.75, 3.05) is 0 Å². The standard InChI is InChI=1S/C15H16N2/c1-16-15(14-10-6-3-7-11-14)17-12-13-8-4-2-5-9-13/h2,4-6,8-11H,1,3,7,12H2/b17-15-. The highest BCUT2D eigenvalue weighted by atomic mass is 14.9. The summed E-state index contributed by atoms with van der Waals surface area (Å²) >= 11 is 0. The van der Waals surface area contributed by atoms with Crippen LogP contribution in [0.2, 0.25) is 0 Å². The van der Waals surface area contributed by atoms with Gasteiger partial charge in [-0.05, 0) is 25.1 Å². The lowest BCUT2D eigenvalue weighted by Crippen LogP contribution is -2.00. The van der Waals surface area contributed by atoms with Gasteiger partial charge in [0.2, 0.25) is 0 Å². The second-order valence-electron chi connectivity index (χ2n) is 3.92. The highest BCUT2D eigenvalue weighted by Crippen LogP contribution is 2.13. The zero-order valence-electron chi connectivity index (χ0n) is 9.84. The molecular formula is C15H16N2. The van der Waals surface area contributed by atoms with Crippen LogP contribution in [0.5, 0.6) is 0 Å². The molecule has 0 N–H and O–H groups in total. The van der Waals surface area contributed by atoms with Crippen molar-refractivity contribution in [3.8, 4) is 0 Å². The van der Waals surface area contributed by atoms with Crippen molar-refractivity contribution in [3.05, 3.63) is 59.7 Å². The molecule has 0 amide bonds. The molecule has 0 unspecified atom stereocenters. The lowest BCUT2D eigenvalue weighted by Gasteiger charge is -2.06. The van der Waals surface area contributed by atoms with E-state index in [1.54, 1.807) is 0 Å². The van der Waals surface area contributed by atoms with E-state index >= 15 is 0 Å². The molecule has 2 nitrogen and oxygen atoms in total. The molecule has 1 aromatic carbocycles. The van der Waals surface area contributed by atoms with Gasteiger partial charge in [-0.3, -0.25) is 4.99 Å². The van der Waals surface area contributed by atoms with Crippen LogP contribution in [0.15, 0.2) is 64.1 Å². The van der Waals surface area contributed by atoms with Gasteiger partial charge >= 0.3 is 0 Å². The maximum Gasteiger partial charge on any atom is 0.153 e. The van der Waals surface area contributed by atoms with E-state index in [2.05, 4.69) is 47.1 Å². The first-order chi connectivity index (χ1) is 8.40. The summed E-state index contributed by atoms with van der Waals surface area (Å²) in [6, 6.07) is 10.2. The fraction of sp³-hybridized carbons (Fsp3) is 0.200. The fourth-order valence-corrected chi connectivity index (χ4v) is 1.76. The highest BCUT2D eigenvalue weighted by Gasteiger charge is 2.03. The minimum atomic E-state index is 0.653. The van der Waals surface area contributed by atoms with Crippen molar-refractivity contribution in [1.29, 1.82) is 0 Å². The maximum absolute atomic E-state index is 4.50. The van der Waals surface area contributed by atoms with E-state index < -0.39 is 0 Å². The molecule has 0 atom stereocenters. The summed E-state index contributed by atoms with van der Waals surface area (Å²) in [7, 11) is 0. The van der Waals surface area contributed by atoms with Crippen molar-refractivity contribution in [2.24, 2.45) is 9.98 Å². The van der Waals surface area contributed by atoms with Gasteiger partial charge in [0.05, 0.1) is 6.54 Å². The number of amidine groups is 1. The number of rotatable bonds is 3. The second kappa shape index (κ2) is 5.94. The summed E-state index contributed by atoms with van der Waals surface area (Å²) in [5.41, 5.74) is 2.27. The van der Waals surface area contributed by atoms with Crippen LogP contribution < -0.4 is 0 Å². The van der Waals surface area contributed by atoms with Crippen LogP contribution in [0.1, 0.15) is 18.4 Å². The third-order valence-corrected chi connectivity index (χ3v) is 2.66. The van der Waals surface area contributed by atoms with Crippen molar-refractivity contribution in [3.63, 3.8) is 0 Å². The Morgan fingerprint density at radius 1 is 1.18 bits per heavy atom. The quantitative estimate of drug-likeness (QED) is 0.554. The maximum atomic E-state index is 4.50. The molecule has 0 heterocycles. The van der Waals surface area contributed by atoms with E-state index in [1.165, 1.54) is 5.56 Å². The SMILES string of the molecule is C=N/C(=N\Cc1ccccc1)C1=CCCC=C1.